The molecule has 1 rings (SSSR count). The third-order valence-electron chi connectivity index (χ3n) is 2.90. The summed E-state index contributed by atoms with van der Waals surface area (Å²) in [5.41, 5.74) is 0.492. The normalized spacial score (nSPS) is 14.0. The van der Waals surface area contributed by atoms with Gasteiger partial charge in [0, 0.05) is 5.54 Å². The molecule has 0 fully saturated rings. The Balaban J connectivity index is 3.00. The quantitative estimate of drug-likeness (QED) is 0.844. The molecule has 0 radical (unpaired) electrons. The van der Waals surface area contributed by atoms with E-state index < -0.39 is 27.7 Å². The number of carbonyl (C=O) groups excluding carboxylic acids is 1. The van der Waals surface area contributed by atoms with E-state index in [0.29, 0.717) is 0 Å². The van der Waals surface area contributed by atoms with Crippen molar-refractivity contribution in [1.82, 2.24) is 5.32 Å². The fourth-order valence-electron chi connectivity index (χ4n) is 1.80. The molecular weight excluding hydrogens is 302 g/mol. The van der Waals surface area contributed by atoms with Gasteiger partial charge in [-0.3, -0.25) is 8.98 Å². The Kier molecular flexibility index (Phi) is 5.76. The first-order valence-corrected chi connectivity index (χ1v) is 8.65. The fraction of sp³-hybridized carbons (Fsp3) is 0.562. The fourth-order valence-corrected chi connectivity index (χ4v) is 2.96. The van der Waals surface area contributed by atoms with Crippen LogP contribution in [0.3, 0.4) is 0 Å². The van der Waals surface area contributed by atoms with E-state index in [9.17, 15) is 13.2 Å². The van der Waals surface area contributed by atoms with Crippen LogP contribution in [-0.2, 0) is 19.1 Å². The molecule has 0 spiro atoms. The summed E-state index contributed by atoms with van der Waals surface area (Å²) in [7, 11) is -3.98. The van der Waals surface area contributed by atoms with Crippen LogP contribution < -0.4 is 5.32 Å². The van der Waals surface area contributed by atoms with Crippen LogP contribution in [-0.4, -0.2) is 26.0 Å². The van der Waals surface area contributed by atoms with Crippen molar-refractivity contribution >= 4 is 16.0 Å². The molecule has 5 nitrogen and oxygen atoms in total. The van der Waals surface area contributed by atoms with Gasteiger partial charge in [0.25, 0.3) is 16.0 Å². The zero-order chi connectivity index (χ0) is 17.1. The van der Waals surface area contributed by atoms with Gasteiger partial charge >= 0.3 is 0 Å². The molecule has 0 aliphatic carbocycles. The molecule has 1 aromatic rings. The Morgan fingerprint density at radius 3 is 2.05 bits per heavy atom. The van der Waals surface area contributed by atoms with Crippen LogP contribution in [0.2, 0.25) is 0 Å². The number of hydrogen-bond donors (Lipinski definition) is 1. The van der Waals surface area contributed by atoms with Gasteiger partial charge in [0.05, 0.1) is 4.90 Å². The summed E-state index contributed by atoms with van der Waals surface area (Å²) >= 11 is 0. The Bertz CT molecular complexity index is 613. The van der Waals surface area contributed by atoms with Gasteiger partial charge in [-0.15, -0.1) is 0 Å². The summed E-state index contributed by atoms with van der Waals surface area (Å²) in [6.07, 6.45) is -1.06. The molecule has 124 valence electrons. The lowest BCUT2D eigenvalue weighted by atomic mass is 10.0. The SMILES string of the molecule is Cc1ccc(S(=O)(=O)OC(C(=O)NC(C)(C)C)C(C)C)cc1. The van der Waals surface area contributed by atoms with Crippen molar-refractivity contribution < 1.29 is 17.4 Å². The lowest BCUT2D eigenvalue weighted by Crippen LogP contribution is -2.48. The van der Waals surface area contributed by atoms with Crippen LogP contribution in [0.5, 0.6) is 0 Å². The maximum Gasteiger partial charge on any atom is 0.297 e. The van der Waals surface area contributed by atoms with Gasteiger partial charge in [-0.2, -0.15) is 8.42 Å². The minimum atomic E-state index is -3.98. The predicted molar refractivity (Wildman–Crippen MR) is 86.0 cm³/mol. The van der Waals surface area contributed by atoms with Crippen molar-refractivity contribution in [2.24, 2.45) is 5.92 Å². The standard InChI is InChI=1S/C16H25NO4S/c1-11(2)14(15(18)17-16(4,5)6)21-22(19,20)13-9-7-12(3)8-10-13/h7-11,14H,1-6H3,(H,17,18). The molecule has 1 N–H and O–H groups in total. The Labute approximate surface area is 133 Å². The van der Waals surface area contributed by atoms with E-state index in [-0.39, 0.29) is 10.8 Å². The molecule has 0 aromatic heterocycles. The van der Waals surface area contributed by atoms with Crippen LogP contribution in [0.15, 0.2) is 29.2 Å². The molecule has 1 atom stereocenters. The van der Waals surface area contributed by atoms with Gasteiger partial charge in [-0.1, -0.05) is 31.5 Å². The third-order valence-corrected chi connectivity index (χ3v) is 4.21. The maximum atomic E-state index is 12.3. The van der Waals surface area contributed by atoms with E-state index in [1.807, 2.05) is 27.7 Å². The molecule has 0 aliphatic heterocycles. The zero-order valence-electron chi connectivity index (χ0n) is 14.0. The molecule has 6 heteroatoms. The van der Waals surface area contributed by atoms with E-state index >= 15 is 0 Å². The smallest absolute Gasteiger partial charge is 0.297 e. The first-order chi connectivity index (χ1) is 9.92. The first kappa shape index (κ1) is 18.6. The topological polar surface area (TPSA) is 72.5 Å². The van der Waals surface area contributed by atoms with Crippen molar-refractivity contribution in [2.75, 3.05) is 0 Å². The monoisotopic (exact) mass is 327 g/mol. The summed E-state index contributed by atoms with van der Waals surface area (Å²) in [6.45, 7) is 10.9. The van der Waals surface area contributed by atoms with Gasteiger partial charge in [-0.05, 0) is 45.7 Å². The van der Waals surface area contributed by atoms with Crippen LogP contribution in [0, 0.1) is 12.8 Å². The van der Waals surface area contributed by atoms with Gasteiger partial charge in [0.15, 0.2) is 6.10 Å². The maximum absolute atomic E-state index is 12.3. The summed E-state index contributed by atoms with van der Waals surface area (Å²) in [4.78, 5) is 12.3. The molecule has 22 heavy (non-hydrogen) atoms. The largest absolute Gasteiger partial charge is 0.349 e. The summed E-state index contributed by atoms with van der Waals surface area (Å²) in [6, 6.07) is 6.33. The molecule has 1 amide bonds. The molecule has 1 unspecified atom stereocenters. The summed E-state index contributed by atoms with van der Waals surface area (Å²) in [5.74, 6) is -0.708. The van der Waals surface area contributed by atoms with Crippen LogP contribution in [0.25, 0.3) is 0 Å². The van der Waals surface area contributed by atoms with E-state index in [1.165, 1.54) is 12.1 Å². The number of rotatable bonds is 5. The number of hydrogen-bond acceptors (Lipinski definition) is 4. The minimum Gasteiger partial charge on any atom is -0.349 e. The van der Waals surface area contributed by atoms with E-state index in [2.05, 4.69) is 5.32 Å². The van der Waals surface area contributed by atoms with Crippen LogP contribution in [0.1, 0.15) is 40.2 Å². The Morgan fingerprint density at radius 2 is 1.64 bits per heavy atom. The predicted octanol–water partition coefficient (Wildman–Crippen LogP) is 2.64. The van der Waals surface area contributed by atoms with Crippen molar-refractivity contribution in [1.29, 1.82) is 0 Å². The average Bonchev–Trinajstić information content (AvgIpc) is 2.34. The highest BCUT2D eigenvalue weighted by atomic mass is 32.2. The van der Waals surface area contributed by atoms with Crippen molar-refractivity contribution in [3.05, 3.63) is 29.8 Å². The number of benzene rings is 1. The highest BCUT2D eigenvalue weighted by Gasteiger charge is 2.31. The summed E-state index contributed by atoms with van der Waals surface area (Å²) in [5, 5.41) is 2.76. The second-order valence-corrected chi connectivity index (χ2v) is 8.34. The lowest BCUT2D eigenvalue weighted by molar-refractivity contribution is -0.131. The number of amides is 1. The number of nitrogens with one attached hydrogen (secondary N) is 1. The minimum absolute atomic E-state index is 0.0484. The van der Waals surface area contributed by atoms with Crippen LogP contribution in [0.4, 0.5) is 0 Å². The second-order valence-electron chi connectivity index (χ2n) is 6.77. The van der Waals surface area contributed by atoms with Gasteiger partial charge in [-0.25, -0.2) is 0 Å². The van der Waals surface area contributed by atoms with E-state index in [0.717, 1.165) is 5.56 Å². The Morgan fingerprint density at radius 1 is 1.14 bits per heavy atom. The molecule has 0 aliphatic rings. The molecule has 0 saturated carbocycles. The molecule has 0 heterocycles. The molecular formula is C16H25NO4S. The van der Waals surface area contributed by atoms with E-state index in [4.69, 9.17) is 4.18 Å². The lowest BCUT2D eigenvalue weighted by Gasteiger charge is -2.26. The molecule has 0 bridgehead atoms. The third kappa shape index (κ3) is 5.42. The number of aryl methyl sites for hydroxylation is 1. The van der Waals surface area contributed by atoms with Crippen molar-refractivity contribution in [3.8, 4) is 0 Å². The van der Waals surface area contributed by atoms with Crippen LogP contribution >= 0.6 is 0 Å². The number of carbonyl (C=O) groups is 1. The van der Waals surface area contributed by atoms with Gasteiger partial charge in [0.1, 0.15) is 0 Å². The van der Waals surface area contributed by atoms with Gasteiger partial charge < -0.3 is 5.32 Å². The van der Waals surface area contributed by atoms with Crippen molar-refractivity contribution in [3.63, 3.8) is 0 Å². The average molecular weight is 327 g/mol. The Hall–Kier alpha value is -1.40. The molecule has 0 saturated heterocycles. The second kappa shape index (κ2) is 6.79. The highest BCUT2D eigenvalue weighted by molar-refractivity contribution is 7.86. The highest BCUT2D eigenvalue weighted by Crippen LogP contribution is 2.19. The first-order valence-electron chi connectivity index (χ1n) is 7.24. The zero-order valence-corrected chi connectivity index (χ0v) is 14.8. The van der Waals surface area contributed by atoms with Crippen molar-refractivity contribution in [2.45, 2.75) is 58.1 Å². The van der Waals surface area contributed by atoms with E-state index in [1.54, 1.807) is 26.0 Å². The molecule has 1 aromatic carbocycles. The summed E-state index contributed by atoms with van der Waals surface area (Å²) < 4.78 is 29.8. The van der Waals surface area contributed by atoms with Gasteiger partial charge in [0.2, 0.25) is 0 Å².